The van der Waals surface area contributed by atoms with Crippen LogP contribution < -0.4 is 0 Å². The number of rotatable bonds is 7. The highest BCUT2D eigenvalue weighted by Gasteiger charge is 2.22. The predicted molar refractivity (Wildman–Crippen MR) is 263 cm³/mol. The molecule has 0 N–H and O–H groups in total. The maximum absolute atomic E-state index is 5.04. The second-order valence-electron chi connectivity index (χ2n) is 16.8. The molecule has 1 aliphatic rings. The Bertz CT molecular complexity index is 3530. The number of hydrogen-bond donors (Lipinski definition) is 0. The third-order valence-electron chi connectivity index (χ3n) is 12.7. The van der Waals surface area contributed by atoms with Gasteiger partial charge >= 0.3 is 0 Å². The van der Waals surface area contributed by atoms with Crippen molar-refractivity contribution in [1.82, 2.24) is 29.1 Å². The standard InChI is InChI=1S/C58H42N6/c1-37-19-23-40(24-20-37)56-60-57(41-25-21-38(2)22-26-41)62-58(61-56)43-33-34-59-50(35-43)42-29-32-48-47-13-6-8-16-51(47)64(54(48)36-42)45-30-27-39(28-31-45)46-15-10-18-53-55(46)49-14-7-9-17-52(49)63(53)44-11-4-3-5-12-44/h3-8,10-16,18-36H,9,17H2,1-2H3. The molecule has 0 bridgehead atoms. The number of allylic oxidation sites excluding steroid dienone is 1. The number of fused-ring (bicyclic) bond motifs is 6. The maximum Gasteiger partial charge on any atom is 0.164 e. The number of pyridine rings is 1. The fraction of sp³-hybridized carbons (Fsp3) is 0.0690. The second kappa shape index (κ2) is 15.3. The highest BCUT2D eigenvalue weighted by molar-refractivity contribution is 6.10. The molecule has 11 aromatic rings. The molecule has 0 amide bonds. The smallest absolute Gasteiger partial charge is 0.164 e. The largest absolute Gasteiger partial charge is 0.313 e. The van der Waals surface area contributed by atoms with Gasteiger partial charge < -0.3 is 9.13 Å². The van der Waals surface area contributed by atoms with Gasteiger partial charge in [-0.25, -0.2) is 15.0 Å². The van der Waals surface area contributed by atoms with Crippen molar-refractivity contribution >= 4 is 38.8 Å². The Kier molecular flexibility index (Phi) is 8.97. The van der Waals surface area contributed by atoms with Crippen LogP contribution in [0.15, 0.2) is 188 Å². The molecular weight excluding hydrogens is 781 g/mol. The average molecular weight is 823 g/mol. The summed E-state index contributed by atoms with van der Waals surface area (Å²) >= 11 is 0. The van der Waals surface area contributed by atoms with Crippen molar-refractivity contribution in [3.05, 3.63) is 211 Å². The topological polar surface area (TPSA) is 61.4 Å². The number of para-hydroxylation sites is 2. The van der Waals surface area contributed by atoms with Gasteiger partial charge in [0.1, 0.15) is 0 Å². The SMILES string of the molecule is Cc1ccc(-c2nc(-c3ccc(C)cc3)nc(-c3ccnc(-c4ccc5c6ccccc6n(-c6ccc(-c7cccc8c7c7c(n8-c8ccccc8)CCC=C7)cc6)c5c4)c3)n2)cc1. The molecule has 4 aromatic heterocycles. The van der Waals surface area contributed by atoms with Crippen molar-refractivity contribution in [3.8, 4) is 67.9 Å². The van der Waals surface area contributed by atoms with E-state index >= 15 is 0 Å². The first-order valence-electron chi connectivity index (χ1n) is 21.9. The van der Waals surface area contributed by atoms with E-state index in [0.29, 0.717) is 17.5 Å². The first kappa shape index (κ1) is 37.5. The van der Waals surface area contributed by atoms with Gasteiger partial charge in [0.25, 0.3) is 0 Å². The Morgan fingerprint density at radius 3 is 1.80 bits per heavy atom. The molecule has 12 rings (SSSR count). The van der Waals surface area contributed by atoms with Gasteiger partial charge in [0.2, 0.25) is 0 Å². The van der Waals surface area contributed by atoms with Gasteiger partial charge in [-0.15, -0.1) is 0 Å². The highest BCUT2D eigenvalue weighted by atomic mass is 15.0. The predicted octanol–water partition coefficient (Wildman–Crippen LogP) is 14.2. The molecule has 7 aromatic carbocycles. The Balaban J connectivity index is 0.954. The van der Waals surface area contributed by atoms with Crippen LogP contribution >= 0.6 is 0 Å². The number of hydrogen-bond acceptors (Lipinski definition) is 4. The van der Waals surface area contributed by atoms with Crippen LogP contribution in [0.3, 0.4) is 0 Å². The van der Waals surface area contributed by atoms with Crippen molar-refractivity contribution in [2.45, 2.75) is 26.7 Å². The van der Waals surface area contributed by atoms with Gasteiger partial charge in [-0.05, 0) is 92.4 Å². The second-order valence-corrected chi connectivity index (χ2v) is 16.8. The number of nitrogens with zero attached hydrogens (tertiary/aromatic N) is 6. The van der Waals surface area contributed by atoms with E-state index in [-0.39, 0.29) is 0 Å². The summed E-state index contributed by atoms with van der Waals surface area (Å²) in [4.78, 5) is 19.9. The third-order valence-corrected chi connectivity index (χ3v) is 12.7. The summed E-state index contributed by atoms with van der Waals surface area (Å²) in [6, 6.07) is 62.7. The Morgan fingerprint density at radius 1 is 0.453 bits per heavy atom. The van der Waals surface area contributed by atoms with Crippen LogP contribution in [0, 0.1) is 13.8 Å². The lowest BCUT2D eigenvalue weighted by Gasteiger charge is -2.13. The van der Waals surface area contributed by atoms with E-state index in [1.54, 1.807) is 0 Å². The quantitative estimate of drug-likeness (QED) is 0.161. The Labute approximate surface area is 371 Å². The fourth-order valence-corrected chi connectivity index (χ4v) is 9.47. The van der Waals surface area contributed by atoms with E-state index in [0.717, 1.165) is 57.5 Å². The molecule has 0 saturated carbocycles. The van der Waals surface area contributed by atoms with E-state index in [2.05, 4.69) is 205 Å². The zero-order valence-electron chi connectivity index (χ0n) is 35.6. The molecule has 0 spiro atoms. The minimum atomic E-state index is 0.601. The molecule has 0 fully saturated rings. The van der Waals surface area contributed by atoms with Crippen molar-refractivity contribution in [3.63, 3.8) is 0 Å². The van der Waals surface area contributed by atoms with Crippen LogP contribution in [0.25, 0.3) is 107 Å². The fourth-order valence-electron chi connectivity index (χ4n) is 9.47. The van der Waals surface area contributed by atoms with Crippen LogP contribution in [0.4, 0.5) is 0 Å². The summed E-state index contributed by atoms with van der Waals surface area (Å²) in [7, 11) is 0. The van der Waals surface area contributed by atoms with Gasteiger partial charge in [0, 0.05) is 67.2 Å². The molecule has 1 aliphatic carbocycles. The van der Waals surface area contributed by atoms with Crippen LogP contribution in [-0.2, 0) is 6.42 Å². The van der Waals surface area contributed by atoms with Crippen molar-refractivity contribution in [2.24, 2.45) is 0 Å². The van der Waals surface area contributed by atoms with Crippen molar-refractivity contribution < 1.29 is 0 Å². The number of benzene rings is 7. The zero-order chi connectivity index (χ0) is 42.7. The molecular formula is C58H42N6. The van der Waals surface area contributed by atoms with E-state index in [9.17, 15) is 0 Å². The van der Waals surface area contributed by atoms with Crippen LogP contribution in [0.1, 0.15) is 28.8 Å². The van der Waals surface area contributed by atoms with Crippen LogP contribution in [0.2, 0.25) is 0 Å². The Morgan fingerprint density at radius 2 is 1.06 bits per heavy atom. The molecule has 4 heterocycles. The summed E-state index contributed by atoms with van der Waals surface area (Å²) < 4.78 is 4.84. The molecule has 0 aliphatic heterocycles. The van der Waals surface area contributed by atoms with Gasteiger partial charge in [-0.3, -0.25) is 4.98 Å². The minimum Gasteiger partial charge on any atom is -0.313 e. The van der Waals surface area contributed by atoms with E-state index < -0.39 is 0 Å². The molecule has 64 heavy (non-hydrogen) atoms. The van der Waals surface area contributed by atoms with E-state index in [4.69, 9.17) is 19.9 Å². The maximum atomic E-state index is 5.04. The first-order chi connectivity index (χ1) is 31.5. The lowest BCUT2D eigenvalue weighted by Crippen LogP contribution is -2.02. The molecule has 0 unspecified atom stereocenters. The first-order valence-corrected chi connectivity index (χ1v) is 21.9. The highest BCUT2D eigenvalue weighted by Crippen LogP contribution is 2.41. The molecule has 6 nitrogen and oxygen atoms in total. The van der Waals surface area contributed by atoms with Crippen LogP contribution in [0.5, 0.6) is 0 Å². The van der Waals surface area contributed by atoms with Gasteiger partial charge in [-0.2, -0.15) is 0 Å². The van der Waals surface area contributed by atoms with E-state index in [1.165, 1.54) is 60.9 Å². The van der Waals surface area contributed by atoms with Crippen molar-refractivity contribution in [1.29, 1.82) is 0 Å². The van der Waals surface area contributed by atoms with Crippen LogP contribution in [-0.4, -0.2) is 29.1 Å². The lowest BCUT2D eigenvalue weighted by atomic mass is 9.95. The minimum absolute atomic E-state index is 0.601. The van der Waals surface area contributed by atoms with Gasteiger partial charge in [0.05, 0.1) is 22.2 Å². The zero-order valence-corrected chi connectivity index (χ0v) is 35.6. The normalized spacial score (nSPS) is 12.3. The molecule has 0 atom stereocenters. The van der Waals surface area contributed by atoms with Crippen molar-refractivity contribution in [2.75, 3.05) is 0 Å². The molecule has 0 radical (unpaired) electrons. The van der Waals surface area contributed by atoms with E-state index in [1.807, 2.05) is 12.3 Å². The summed E-state index contributed by atoms with van der Waals surface area (Å²) in [5.74, 6) is 1.87. The molecule has 6 heteroatoms. The number of aryl methyl sites for hydroxylation is 2. The average Bonchev–Trinajstić information content (AvgIpc) is 3.87. The monoisotopic (exact) mass is 822 g/mol. The number of aromatic nitrogens is 6. The Hall–Kier alpha value is -8.22. The molecule has 0 saturated heterocycles. The third kappa shape index (κ3) is 6.42. The molecule has 304 valence electrons. The van der Waals surface area contributed by atoms with Gasteiger partial charge in [0.15, 0.2) is 17.5 Å². The lowest BCUT2D eigenvalue weighted by molar-refractivity contribution is 0.888. The van der Waals surface area contributed by atoms with Gasteiger partial charge in [-0.1, -0.05) is 145 Å². The summed E-state index contributed by atoms with van der Waals surface area (Å²) in [6.07, 6.45) is 8.56. The summed E-state index contributed by atoms with van der Waals surface area (Å²) in [5, 5.41) is 3.70. The summed E-state index contributed by atoms with van der Waals surface area (Å²) in [5.41, 5.74) is 17.9. The summed E-state index contributed by atoms with van der Waals surface area (Å²) in [6.45, 7) is 4.17.